The second kappa shape index (κ2) is 7.23. The monoisotopic (exact) mass is 346 g/mol. The minimum Gasteiger partial charge on any atom is -0.481 e. The molecule has 2 fully saturated rings. The van der Waals surface area contributed by atoms with Crippen LogP contribution in [0.5, 0.6) is 0 Å². The van der Waals surface area contributed by atoms with Gasteiger partial charge in [-0.25, -0.2) is 0 Å². The molecule has 1 N–H and O–H groups in total. The zero-order valence-electron chi connectivity index (χ0n) is 14.2. The zero-order chi connectivity index (χ0) is 18.0. The lowest BCUT2D eigenvalue weighted by molar-refractivity contribution is -0.141. The Morgan fingerprint density at radius 1 is 1.32 bits per heavy atom. The Balaban J connectivity index is 1.85. The summed E-state index contributed by atoms with van der Waals surface area (Å²) in [5, 5.41) is 8.93. The molecule has 1 aromatic carbocycles. The van der Waals surface area contributed by atoms with Gasteiger partial charge in [-0.3, -0.25) is 14.4 Å². The molecule has 3 rings (SSSR count). The molecule has 25 heavy (non-hydrogen) atoms. The Bertz CT molecular complexity index is 703. The van der Waals surface area contributed by atoms with E-state index < -0.39 is 12.1 Å². The Labute approximate surface area is 146 Å². The Kier molecular flexibility index (Phi) is 5.03. The minimum absolute atomic E-state index is 0.0311. The number of benzene rings is 1. The number of aliphatic carboxylic acids is 1. The van der Waals surface area contributed by atoms with Crippen LogP contribution in [-0.2, 0) is 14.3 Å². The molecule has 0 aromatic heterocycles. The molecule has 2 aliphatic heterocycles. The number of ether oxygens (including phenoxy) is 1. The first-order chi connectivity index (χ1) is 12.0. The molecule has 2 aliphatic rings. The smallest absolute Gasteiger partial charge is 0.306 e. The molecule has 1 atom stereocenters. The van der Waals surface area contributed by atoms with Crippen LogP contribution in [-0.4, -0.2) is 60.1 Å². The SMILES string of the molecule is Cc1ccc(N2CCCC2=O)c(C(=O)N2CCO[C@@H](CC(=O)O)C2)c1. The second-order valence-corrected chi connectivity index (χ2v) is 6.51. The first-order valence-corrected chi connectivity index (χ1v) is 8.49. The molecule has 1 aromatic rings. The van der Waals surface area contributed by atoms with E-state index in [0.717, 1.165) is 12.0 Å². The second-order valence-electron chi connectivity index (χ2n) is 6.51. The van der Waals surface area contributed by atoms with Crippen molar-refractivity contribution in [1.82, 2.24) is 4.90 Å². The number of carbonyl (C=O) groups excluding carboxylic acids is 2. The maximum atomic E-state index is 13.1. The van der Waals surface area contributed by atoms with E-state index in [-0.39, 0.29) is 24.8 Å². The van der Waals surface area contributed by atoms with Gasteiger partial charge in [0.1, 0.15) is 0 Å². The lowest BCUT2D eigenvalue weighted by Gasteiger charge is -2.33. The van der Waals surface area contributed by atoms with Gasteiger partial charge in [-0.1, -0.05) is 11.6 Å². The molecule has 134 valence electrons. The first-order valence-electron chi connectivity index (χ1n) is 8.49. The van der Waals surface area contributed by atoms with Crippen LogP contribution < -0.4 is 4.90 Å². The van der Waals surface area contributed by atoms with E-state index in [9.17, 15) is 14.4 Å². The third kappa shape index (κ3) is 3.82. The van der Waals surface area contributed by atoms with Gasteiger partial charge in [0.25, 0.3) is 5.91 Å². The summed E-state index contributed by atoms with van der Waals surface area (Å²) >= 11 is 0. The maximum Gasteiger partial charge on any atom is 0.306 e. The fourth-order valence-corrected chi connectivity index (χ4v) is 3.35. The van der Waals surface area contributed by atoms with Crippen molar-refractivity contribution in [3.05, 3.63) is 29.3 Å². The summed E-state index contributed by atoms with van der Waals surface area (Å²) in [6.45, 7) is 3.49. The van der Waals surface area contributed by atoms with E-state index in [1.807, 2.05) is 19.1 Å². The van der Waals surface area contributed by atoms with Crippen molar-refractivity contribution >= 4 is 23.5 Å². The summed E-state index contributed by atoms with van der Waals surface area (Å²) in [5.41, 5.74) is 2.07. The maximum absolute atomic E-state index is 13.1. The van der Waals surface area contributed by atoms with Crippen LogP contribution in [0.15, 0.2) is 18.2 Å². The van der Waals surface area contributed by atoms with Crippen molar-refractivity contribution in [3.63, 3.8) is 0 Å². The number of aryl methyl sites for hydroxylation is 1. The van der Waals surface area contributed by atoms with Crippen molar-refractivity contribution < 1.29 is 24.2 Å². The number of carboxylic acid groups (broad SMARTS) is 1. The average molecular weight is 346 g/mol. The Morgan fingerprint density at radius 2 is 2.12 bits per heavy atom. The topological polar surface area (TPSA) is 87.2 Å². The third-order valence-electron chi connectivity index (χ3n) is 4.57. The van der Waals surface area contributed by atoms with Gasteiger partial charge in [0.2, 0.25) is 5.91 Å². The molecule has 2 saturated heterocycles. The Morgan fingerprint density at radius 3 is 2.80 bits per heavy atom. The largest absolute Gasteiger partial charge is 0.481 e. The highest BCUT2D eigenvalue weighted by atomic mass is 16.5. The number of carboxylic acids is 1. The number of nitrogens with zero attached hydrogens (tertiary/aromatic N) is 2. The molecule has 2 amide bonds. The number of rotatable bonds is 4. The summed E-state index contributed by atoms with van der Waals surface area (Å²) in [5.74, 6) is -1.10. The molecular formula is C18H22N2O5. The molecule has 0 spiro atoms. The summed E-state index contributed by atoms with van der Waals surface area (Å²) in [4.78, 5) is 39.3. The van der Waals surface area contributed by atoms with E-state index in [1.165, 1.54) is 0 Å². The molecule has 0 unspecified atom stereocenters. The lowest BCUT2D eigenvalue weighted by atomic mass is 10.1. The van der Waals surface area contributed by atoms with Crippen molar-refractivity contribution in [1.29, 1.82) is 0 Å². The molecule has 0 saturated carbocycles. The number of morpholine rings is 1. The van der Waals surface area contributed by atoms with E-state index in [4.69, 9.17) is 9.84 Å². The van der Waals surface area contributed by atoms with E-state index in [2.05, 4.69) is 0 Å². The van der Waals surface area contributed by atoms with Gasteiger partial charge in [0.05, 0.1) is 30.4 Å². The van der Waals surface area contributed by atoms with Crippen molar-refractivity contribution in [2.24, 2.45) is 0 Å². The predicted octanol–water partition coefficient (Wildman–Crippen LogP) is 1.44. The van der Waals surface area contributed by atoms with Crippen LogP contribution in [0.25, 0.3) is 0 Å². The van der Waals surface area contributed by atoms with Crippen molar-refractivity contribution in [2.75, 3.05) is 31.1 Å². The van der Waals surface area contributed by atoms with Gasteiger partial charge in [-0.05, 0) is 25.5 Å². The van der Waals surface area contributed by atoms with Gasteiger partial charge in [0, 0.05) is 26.1 Å². The summed E-state index contributed by atoms with van der Waals surface area (Å²) in [7, 11) is 0. The predicted molar refractivity (Wildman–Crippen MR) is 90.7 cm³/mol. The zero-order valence-corrected chi connectivity index (χ0v) is 14.2. The number of hydrogen-bond acceptors (Lipinski definition) is 4. The highest BCUT2D eigenvalue weighted by Gasteiger charge is 2.31. The van der Waals surface area contributed by atoms with Crippen LogP contribution in [0.3, 0.4) is 0 Å². The van der Waals surface area contributed by atoms with E-state index in [1.54, 1.807) is 15.9 Å². The molecule has 0 radical (unpaired) electrons. The molecule has 7 heteroatoms. The van der Waals surface area contributed by atoms with Gasteiger partial charge in [0.15, 0.2) is 0 Å². The standard InChI is InChI=1S/C18H22N2O5/c1-12-4-5-15(20-6-2-3-16(20)21)14(9-12)18(24)19-7-8-25-13(11-19)10-17(22)23/h4-5,9,13H,2-3,6-8,10-11H2,1H3,(H,22,23)/t13-/m0/s1. The minimum atomic E-state index is -0.946. The average Bonchev–Trinajstić information content (AvgIpc) is 2.99. The number of amides is 2. The summed E-state index contributed by atoms with van der Waals surface area (Å²) < 4.78 is 5.44. The fraction of sp³-hybridized carbons (Fsp3) is 0.500. The highest BCUT2D eigenvalue weighted by Crippen LogP contribution is 2.28. The molecule has 7 nitrogen and oxygen atoms in total. The first kappa shape index (κ1) is 17.4. The van der Waals surface area contributed by atoms with Gasteiger partial charge >= 0.3 is 5.97 Å². The van der Waals surface area contributed by atoms with Crippen LogP contribution in [0.4, 0.5) is 5.69 Å². The van der Waals surface area contributed by atoms with Crippen LogP contribution in [0.1, 0.15) is 35.2 Å². The quantitative estimate of drug-likeness (QED) is 0.891. The number of hydrogen-bond donors (Lipinski definition) is 1. The van der Waals surface area contributed by atoms with Crippen LogP contribution >= 0.6 is 0 Å². The normalized spacial score (nSPS) is 20.8. The fourth-order valence-electron chi connectivity index (χ4n) is 3.35. The van der Waals surface area contributed by atoms with Crippen molar-refractivity contribution in [2.45, 2.75) is 32.3 Å². The van der Waals surface area contributed by atoms with Gasteiger partial charge in [-0.2, -0.15) is 0 Å². The molecule has 0 bridgehead atoms. The van der Waals surface area contributed by atoms with Crippen LogP contribution in [0, 0.1) is 6.92 Å². The van der Waals surface area contributed by atoms with E-state index in [0.29, 0.717) is 37.4 Å². The summed E-state index contributed by atoms with van der Waals surface area (Å²) in [6, 6.07) is 5.51. The highest BCUT2D eigenvalue weighted by molar-refractivity contribution is 6.05. The number of anilines is 1. The Hall–Kier alpha value is -2.41. The number of carbonyl (C=O) groups is 3. The van der Waals surface area contributed by atoms with Gasteiger partial charge in [-0.15, -0.1) is 0 Å². The molecule has 0 aliphatic carbocycles. The molecule has 2 heterocycles. The summed E-state index contributed by atoms with van der Waals surface area (Å²) in [6.07, 6.45) is 0.657. The van der Waals surface area contributed by atoms with E-state index >= 15 is 0 Å². The van der Waals surface area contributed by atoms with Crippen molar-refractivity contribution in [3.8, 4) is 0 Å². The third-order valence-corrected chi connectivity index (χ3v) is 4.57. The van der Waals surface area contributed by atoms with Crippen LogP contribution in [0.2, 0.25) is 0 Å². The lowest BCUT2D eigenvalue weighted by Crippen LogP contribution is -2.46. The van der Waals surface area contributed by atoms with Gasteiger partial charge < -0.3 is 19.6 Å². The molecular weight excluding hydrogens is 324 g/mol.